The van der Waals surface area contributed by atoms with Crippen LogP contribution in [0.4, 0.5) is 11.4 Å². The van der Waals surface area contributed by atoms with Crippen molar-refractivity contribution in [3.63, 3.8) is 0 Å². The van der Waals surface area contributed by atoms with Crippen molar-refractivity contribution in [2.75, 3.05) is 16.8 Å². The molecule has 3 aromatic rings. The highest BCUT2D eigenvalue weighted by atomic mass is 16.5. The second kappa shape index (κ2) is 8.82. The van der Waals surface area contributed by atoms with Crippen LogP contribution in [-0.2, 0) is 16.0 Å². The van der Waals surface area contributed by atoms with E-state index in [0.29, 0.717) is 18.0 Å². The molecule has 152 valence electrons. The highest BCUT2D eigenvalue weighted by Crippen LogP contribution is 2.29. The van der Waals surface area contributed by atoms with Gasteiger partial charge in [0, 0.05) is 24.3 Å². The summed E-state index contributed by atoms with van der Waals surface area (Å²) in [6.07, 6.45) is 1.06. The van der Waals surface area contributed by atoms with Crippen molar-refractivity contribution < 1.29 is 14.3 Å². The molecule has 0 unspecified atom stereocenters. The van der Waals surface area contributed by atoms with Gasteiger partial charge in [0.1, 0.15) is 11.5 Å². The molecule has 5 heteroatoms. The second-order valence-corrected chi connectivity index (χ2v) is 7.32. The Morgan fingerprint density at radius 1 is 0.967 bits per heavy atom. The van der Waals surface area contributed by atoms with Crippen LogP contribution in [0.25, 0.3) is 0 Å². The maximum Gasteiger partial charge on any atom is 0.229 e. The number of hydrogen-bond acceptors (Lipinski definition) is 3. The van der Waals surface area contributed by atoms with Crippen LogP contribution in [0.2, 0.25) is 0 Å². The topological polar surface area (TPSA) is 58.6 Å². The minimum Gasteiger partial charge on any atom is -0.457 e. The van der Waals surface area contributed by atoms with Crippen LogP contribution in [0.15, 0.2) is 78.9 Å². The number of aryl methyl sites for hydroxylation is 1. The van der Waals surface area contributed by atoms with Crippen LogP contribution >= 0.6 is 0 Å². The lowest BCUT2D eigenvalue weighted by atomic mass is 10.1. The summed E-state index contributed by atoms with van der Waals surface area (Å²) in [5.74, 6) is 0.922. The number of hydrogen-bond donors (Lipinski definition) is 1. The van der Waals surface area contributed by atoms with E-state index in [1.165, 1.54) is 0 Å². The number of nitrogens with one attached hydrogen (secondary N) is 1. The van der Waals surface area contributed by atoms with Gasteiger partial charge in [0.15, 0.2) is 0 Å². The lowest BCUT2D eigenvalue weighted by molar-refractivity contribution is -0.122. The number of para-hydroxylation sites is 2. The molecule has 2 amide bonds. The Kier molecular flexibility index (Phi) is 5.80. The van der Waals surface area contributed by atoms with Gasteiger partial charge in [0.05, 0.1) is 5.92 Å². The first kappa shape index (κ1) is 19.7. The van der Waals surface area contributed by atoms with Crippen LogP contribution in [0.5, 0.6) is 11.5 Å². The van der Waals surface area contributed by atoms with Crippen LogP contribution in [-0.4, -0.2) is 18.4 Å². The first-order valence-corrected chi connectivity index (χ1v) is 10.2. The smallest absolute Gasteiger partial charge is 0.229 e. The molecule has 1 heterocycles. The molecule has 0 spiro atoms. The number of amides is 2. The third kappa shape index (κ3) is 4.35. The summed E-state index contributed by atoms with van der Waals surface area (Å²) in [4.78, 5) is 27.0. The number of carbonyl (C=O) groups is 2. The Bertz CT molecular complexity index is 1030. The molecule has 0 aromatic heterocycles. The maximum atomic E-state index is 12.7. The highest BCUT2D eigenvalue weighted by molar-refractivity contribution is 6.03. The molecule has 1 saturated heterocycles. The van der Waals surface area contributed by atoms with Gasteiger partial charge in [-0.25, -0.2) is 0 Å². The average Bonchev–Trinajstić information content (AvgIpc) is 3.17. The lowest BCUT2D eigenvalue weighted by Crippen LogP contribution is -2.28. The standard InChI is InChI=1S/C25H24N2O3/c1-2-18-8-6-7-11-23(18)27-17-19(16-24(27)28)25(29)26-20-12-14-22(15-13-20)30-21-9-4-3-5-10-21/h3-15,19H,2,16-17H2,1H3,(H,26,29)/t19-/m0/s1. The molecule has 1 fully saturated rings. The van der Waals surface area contributed by atoms with Crippen molar-refractivity contribution in [2.45, 2.75) is 19.8 Å². The Labute approximate surface area is 176 Å². The normalized spacial score (nSPS) is 15.8. The summed E-state index contributed by atoms with van der Waals surface area (Å²) in [7, 11) is 0. The molecular formula is C25H24N2O3. The van der Waals surface area contributed by atoms with Gasteiger partial charge in [0.2, 0.25) is 11.8 Å². The van der Waals surface area contributed by atoms with Gasteiger partial charge >= 0.3 is 0 Å². The SMILES string of the molecule is CCc1ccccc1N1C[C@@H](C(=O)Nc2ccc(Oc3ccccc3)cc2)CC1=O. The van der Waals surface area contributed by atoms with Gasteiger partial charge in [-0.2, -0.15) is 0 Å². The molecular weight excluding hydrogens is 376 g/mol. The Balaban J connectivity index is 1.39. The van der Waals surface area contributed by atoms with E-state index in [-0.39, 0.29) is 24.2 Å². The molecule has 5 nitrogen and oxygen atoms in total. The molecule has 0 aliphatic carbocycles. The molecule has 1 aliphatic rings. The number of benzene rings is 3. The third-order valence-electron chi connectivity index (χ3n) is 5.26. The van der Waals surface area contributed by atoms with Crippen molar-refractivity contribution in [1.82, 2.24) is 0 Å². The minimum atomic E-state index is -0.373. The number of anilines is 2. The quantitative estimate of drug-likeness (QED) is 0.631. The molecule has 4 rings (SSSR count). The van der Waals surface area contributed by atoms with Gasteiger partial charge in [-0.15, -0.1) is 0 Å². The molecule has 0 saturated carbocycles. The Morgan fingerprint density at radius 3 is 2.37 bits per heavy atom. The predicted molar refractivity (Wildman–Crippen MR) is 118 cm³/mol. The highest BCUT2D eigenvalue weighted by Gasteiger charge is 2.35. The van der Waals surface area contributed by atoms with E-state index in [4.69, 9.17) is 4.74 Å². The van der Waals surface area contributed by atoms with E-state index in [0.717, 1.165) is 23.4 Å². The molecule has 3 aromatic carbocycles. The van der Waals surface area contributed by atoms with Gasteiger partial charge in [-0.05, 0) is 54.4 Å². The van der Waals surface area contributed by atoms with E-state index in [2.05, 4.69) is 12.2 Å². The maximum absolute atomic E-state index is 12.7. The fourth-order valence-corrected chi connectivity index (χ4v) is 3.66. The Hall–Kier alpha value is -3.60. The van der Waals surface area contributed by atoms with Crippen LogP contribution in [0.3, 0.4) is 0 Å². The fraction of sp³-hybridized carbons (Fsp3) is 0.200. The Morgan fingerprint density at radius 2 is 1.63 bits per heavy atom. The van der Waals surface area contributed by atoms with Crippen molar-refractivity contribution in [3.8, 4) is 11.5 Å². The summed E-state index contributed by atoms with van der Waals surface area (Å²) in [6, 6.07) is 24.6. The monoisotopic (exact) mass is 400 g/mol. The van der Waals surface area contributed by atoms with E-state index < -0.39 is 0 Å². The zero-order valence-electron chi connectivity index (χ0n) is 16.9. The van der Waals surface area contributed by atoms with E-state index in [1.54, 1.807) is 17.0 Å². The first-order chi connectivity index (χ1) is 14.6. The van der Waals surface area contributed by atoms with Crippen molar-refractivity contribution in [1.29, 1.82) is 0 Å². The molecule has 0 bridgehead atoms. The largest absolute Gasteiger partial charge is 0.457 e. The van der Waals surface area contributed by atoms with Crippen molar-refractivity contribution in [2.24, 2.45) is 5.92 Å². The lowest BCUT2D eigenvalue weighted by Gasteiger charge is -2.20. The summed E-state index contributed by atoms with van der Waals surface area (Å²) >= 11 is 0. The zero-order valence-corrected chi connectivity index (χ0v) is 16.9. The predicted octanol–water partition coefficient (Wildman–Crippen LogP) is 5.03. The van der Waals surface area contributed by atoms with Gasteiger partial charge in [0.25, 0.3) is 0 Å². The number of rotatable bonds is 6. The molecule has 1 N–H and O–H groups in total. The number of ether oxygens (including phenoxy) is 1. The van der Waals surface area contributed by atoms with Crippen molar-refractivity contribution >= 4 is 23.2 Å². The van der Waals surface area contributed by atoms with Gasteiger partial charge in [-0.3, -0.25) is 9.59 Å². The van der Waals surface area contributed by atoms with Crippen molar-refractivity contribution in [3.05, 3.63) is 84.4 Å². The number of carbonyl (C=O) groups excluding carboxylic acids is 2. The van der Waals surface area contributed by atoms with Gasteiger partial charge < -0.3 is 15.0 Å². The van der Waals surface area contributed by atoms with E-state index in [9.17, 15) is 9.59 Å². The first-order valence-electron chi connectivity index (χ1n) is 10.2. The fourth-order valence-electron chi connectivity index (χ4n) is 3.66. The van der Waals surface area contributed by atoms with Crippen LogP contribution < -0.4 is 15.0 Å². The second-order valence-electron chi connectivity index (χ2n) is 7.32. The molecule has 1 atom stereocenters. The van der Waals surface area contributed by atoms with E-state index >= 15 is 0 Å². The minimum absolute atomic E-state index is 0.0114. The van der Waals surface area contributed by atoms with Crippen LogP contribution in [0, 0.1) is 5.92 Å². The summed E-state index contributed by atoms with van der Waals surface area (Å²) < 4.78 is 5.77. The van der Waals surface area contributed by atoms with Crippen LogP contribution in [0.1, 0.15) is 18.9 Å². The zero-order chi connectivity index (χ0) is 20.9. The molecule has 30 heavy (non-hydrogen) atoms. The van der Waals surface area contributed by atoms with E-state index in [1.807, 2.05) is 66.7 Å². The summed E-state index contributed by atoms with van der Waals surface area (Å²) in [5, 5.41) is 2.92. The molecule has 0 radical (unpaired) electrons. The molecule has 1 aliphatic heterocycles. The summed E-state index contributed by atoms with van der Waals surface area (Å²) in [5.41, 5.74) is 2.70. The summed E-state index contributed by atoms with van der Waals surface area (Å²) in [6.45, 7) is 2.46. The van der Waals surface area contributed by atoms with Gasteiger partial charge in [-0.1, -0.05) is 43.3 Å². The third-order valence-corrected chi connectivity index (χ3v) is 5.26. The average molecular weight is 400 g/mol. The number of nitrogens with zero attached hydrogens (tertiary/aromatic N) is 1.